The summed E-state index contributed by atoms with van der Waals surface area (Å²) < 4.78 is 16.5. The molecule has 1 saturated heterocycles. The Kier molecular flexibility index (Phi) is 6.61. The Labute approximate surface area is 162 Å². The number of hydrogen-bond donors (Lipinski definition) is 4. The van der Waals surface area contributed by atoms with E-state index in [1.165, 1.54) is 0 Å². The second-order valence-electron chi connectivity index (χ2n) is 6.43. The molecule has 3 rings (SSSR count). The van der Waals surface area contributed by atoms with E-state index in [9.17, 15) is 20.2 Å². The van der Waals surface area contributed by atoms with Crippen molar-refractivity contribution in [2.75, 3.05) is 13.7 Å². The third kappa shape index (κ3) is 4.32. The molecule has 8 heteroatoms. The van der Waals surface area contributed by atoms with Gasteiger partial charge < -0.3 is 29.6 Å². The molecule has 1 fully saturated rings. The minimum Gasteiger partial charge on any atom is -0.497 e. The van der Waals surface area contributed by atoms with Crippen molar-refractivity contribution >= 4 is 5.78 Å². The van der Waals surface area contributed by atoms with Gasteiger partial charge in [-0.15, -0.1) is 0 Å². The number of para-hydroxylation sites is 1. The van der Waals surface area contributed by atoms with Crippen molar-refractivity contribution in [3.05, 3.63) is 59.7 Å². The smallest absolute Gasteiger partial charge is 0.225 e. The predicted octanol–water partition coefficient (Wildman–Crippen LogP) is 0.659. The lowest BCUT2D eigenvalue weighted by molar-refractivity contribution is -0.215. The number of hydroxylamine groups is 1. The third-order valence-electron chi connectivity index (χ3n) is 4.62. The van der Waals surface area contributed by atoms with E-state index in [1.54, 1.807) is 19.2 Å². The highest BCUT2D eigenvalue weighted by Gasteiger charge is 2.45. The molecule has 150 valence electrons. The summed E-state index contributed by atoms with van der Waals surface area (Å²) in [4.78, 5) is 12.2. The molecule has 0 radical (unpaired) electrons. The molecule has 1 aliphatic rings. The maximum atomic E-state index is 12.2. The summed E-state index contributed by atoms with van der Waals surface area (Å²) in [5.41, 5.74) is 3.69. The predicted molar refractivity (Wildman–Crippen MR) is 98.3 cm³/mol. The average molecular weight is 389 g/mol. The van der Waals surface area contributed by atoms with Gasteiger partial charge in [0.25, 0.3) is 0 Å². The first kappa shape index (κ1) is 20.2. The fraction of sp³-hybridized carbons (Fsp3) is 0.350. The van der Waals surface area contributed by atoms with E-state index in [0.717, 1.165) is 16.9 Å². The Bertz CT molecular complexity index is 795. The lowest BCUT2D eigenvalue weighted by Gasteiger charge is -2.36. The summed E-state index contributed by atoms with van der Waals surface area (Å²) in [6.45, 7) is -0.557. The molecule has 1 heterocycles. The zero-order valence-electron chi connectivity index (χ0n) is 15.3. The summed E-state index contributed by atoms with van der Waals surface area (Å²) in [5, 5.41) is 28.5. The Morgan fingerprint density at radius 3 is 2.50 bits per heavy atom. The normalized spacial score (nSPS) is 24.8. The van der Waals surface area contributed by atoms with Crippen LogP contribution in [0.3, 0.4) is 0 Å². The zero-order chi connectivity index (χ0) is 20.1. The molecule has 0 aliphatic carbocycles. The van der Waals surface area contributed by atoms with E-state index in [2.05, 4.69) is 0 Å². The summed E-state index contributed by atoms with van der Waals surface area (Å²) in [7, 11) is 1.60. The monoisotopic (exact) mass is 389 g/mol. The SMILES string of the molecule is COc1ccc(Cc2ccccc2OC2OC(CO)C(O)C(=O)C2NO)cc1. The number of hydrogen-bond acceptors (Lipinski definition) is 8. The quantitative estimate of drug-likeness (QED) is 0.510. The van der Waals surface area contributed by atoms with Gasteiger partial charge in [-0.2, -0.15) is 5.48 Å². The van der Waals surface area contributed by atoms with Crippen molar-refractivity contribution in [3.8, 4) is 11.5 Å². The van der Waals surface area contributed by atoms with Crippen LogP contribution in [-0.2, 0) is 16.0 Å². The van der Waals surface area contributed by atoms with Crippen molar-refractivity contribution < 1.29 is 34.4 Å². The zero-order valence-corrected chi connectivity index (χ0v) is 15.3. The fourth-order valence-electron chi connectivity index (χ4n) is 3.04. The van der Waals surface area contributed by atoms with Gasteiger partial charge in [0.15, 0.2) is 11.8 Å². The standard InChI is InChI=1S/C20H23NO7/c1-26-14-8-6-12(7-9-14)10-13-4-2-3-5-15(13)27-20-17(21-25)19(24)18(23)16(11-22)28-20/h2-9,16-18,20-23,25H,10-11H2,1H3. The van der Waals surface area contributed by atoms with Crippen molar-refractivity contribution in [2.45, 2.75) is 31.0 Å². The van der Waals surface area contributed by atoms with Crippen molar-refractivity contribution in [1.29, 1.82) is 0 Å². The fourth-order valence-corrected chi connectivity index (χ4v) is 3.04. The molecule has 4 N–H and O–H groups in total. The van der Waals surface area contributed by atoms with Crippen LogP contribution in [0.1, 0.15) is 11.1 Å². The first-order valence-corrected chi connectivity index (χ1v) is 8.82. The summed E-state index contributed by atoms with van der Waals surface area (Å²) in [5.74, 6) is 0.503. The largest absolute Gasteiger partial charge is 0.497 e. The average Bonchev–Trinajstić information content (AvgIpc) is 2.72. The molecule has 2 aromatic carbocycles. The molecule has 2 aromatic rings. The van der Waals surface area contributed by atoms with Gasteiger partial charge in [0.1, 0.15) is 23.7 Å². The van der Waals surface area contributed by atoms with Gasteiger partial charge in [-0.05, 0) is 29.3 Å². The Morgan fingerprint density at radius 1 is 1.14 bits per heavy atom. The number of rotatable bonds is 7. The van der Waals surface area contributed by atoms with Crippen LogP contribution in [0, 0.1) is 0 Å². The third-order valence-corrected chi connectivity index (χ3v) is 4.62. The second-order valence-corrected chi connectivity index (χ2v) is 6.43. The molecule has 0 bridgehead atoms. The van der Waals surface area contributed by atoms with Gasteiger partial charge in [0, 0.05) is 6.42 Å². The van der Waals surface area contributed by atoms with Crippen LogP contribution in [-0.4, -0.2) is 59.5 Å². The Hall–Kier alpha value is -2.49. The van der Waals surface area contributed by atoms with E-state index >= 15 is 0 Å². The number of ether oxygens (including phenoxy) is 3. The highest BCUT2D eigenvalue weighted by Crippen LogP contribution is 2.27. The highest BCUT2D eigenvalue weighted by atomic mass is 16.7. The molecule has 28 heavy (non-hydrogen) atoms. The number of aliphatic hydroxyl groups is 2. The number of Topliss-reactive ketones (excluding diaryl/α,β-unsaturated/α-hetero) is 1. The summed E-state index contributed by atoms with van der Waals surface area (Å²) in [6, 6.07) is 13.6. The number of ketones is 1. The van der Waals surface area contributed by atoms with Gasteiger partial charge in [-0.3, -0.25) is 4.79 Å². The number of carbonyl (C=O) groups excluding carboxylic acids is 1. The van der Waals surface area contributed by atoms with Gasteiger partial charge in [0.05, 0.1) is 13.7 Å². The number of carbonyl (C=O) groups is 1. The van der Waals surface area contributed by atoms with Gasteiger partial charge >= 0.3 is 0 Å². The molecule has 0 spiro atoms. The number of aliphatic hydroxyl groups excluding tert-OH is 2. The van der Waals surface area contributed by atoms with Gasteiger partial charge in [-0.25, -0.2) is 0 Å². The molecule has 8 nitrogen and oxygen atoms in total. The first-order valence-electron chi connectivity index (χ1n) is 8.82. The number of benzene rings is 2. The second kappa shape index (κ2) is 9.13. The van der Waals surface area contributed by atoms with Gasteiger partial charge in [-0.1, -0.05) is 30.3 Å². The van der Waals surface area contributed by atoms with Crippen LogP contribution >= 0.6 is 0 Å². The van der Waals surface area contributed by atoms with Crippen molar-refractivity contribution in [1.82, 2.24) is 5.48 Å². The van der Waals surface area contributed by atoms with Crippen molar-refractivity contribution in [2.24, 2.45) is 0 Å². The lowest BCUT2D eigenvalue weighted by atomic mass is 9.99. The summed E-state index contributed by atoms with van der Waals surface area (Å²) >= 11 is 0. The molecule has 0 aromatic heterocycles. The Morgan fingerprint density at radius 2 is 1.86 bits per heavy atom. The Balaban J connectivity index is 1.80. The summed E-state index contributed by atoms with van der Waals surface area (Å²) in [6.07, 6.45) is -3.33. The van der Waals surface area contributed by atoms with Crippen LogP contribution in [0.15, 0.2) is 48.5 Å². The van der Waals surface area contributed by atoms with E-state index in [1.807, 2.05) is 41.9 Å². The van der Waals surface area contributed by atoms with E-state index in [0.29, 0.717) is 12.2 Å². The van der Waals surface area contributed by atoms with Crippen LogP contribution < -0.4 is 15.0 Å². The maximum Gasteiger partial charge on any atom is 0.225 e. The molecular formula is C20H23NO7. The first-order chi connectivity index (χ1) is 13.6. The topological polar surface area (TPSA) is 117 Å². The molecule has 4 atom stereocenters. The molecular weight excluding hydrogens is 366 g/mol. The minimum atomic E-state index is -1.55. The van der Waals surface area contributed by atoms with Gasteiger partial charge in [0.2, 0.25) is 6.29 Å². The number of methoxy groups -OCH3 is 1. The van der Waals surface area contributed by atoms with Crippen molar-refractivity contribution in [3.63, 3.8) is 0 Å². The maximum absolute atomic E-state index is 12.2. The minimum absolute atomic E-state index is 0.462. The van der Waals surface area contributed by atoms with E-state index in [4.69, 9.17) is 14.2 Å². The van der Waals surface area contributed by atoms with Crippen LogP contribution in [0.4, 0.5) is 0 Å². The van der Waals surface area contributed by atoms with E-state index in [-0.39, 0.29) is 0 Å². The van der Waals surface area contributed by atoms with Crippen LogP contribution in [0.25, 0.3) is 0 Å². The molecule has 0 amide bonds. The highest BCUT2D eigenvalue weighted by molar-refractivity contribution is 5.89. The lowest BCUT2D eigenvalue weighted by Crippen LogP contribution is -2.62. The van der Waals surface area contributed by atoms with Crippen LogP contribution in [0.2, 0.25) is 0 Å². The molecule has 0 saturated carbocycles. The molecule has 1 aliphatic heterocycles. The van der Waals surface area contributed by atoms with E-state index < -0.39 is 36.9 Å². The molecule has 4 unspecified atom stereocenters. The number of nitrogens with one attached hydrogen (secondary N) is 1. The van der Waals surface area contributed by atoms with Crippen LogP contribution in [0.5, 0.6) is 11.5 Å².